The van der Waals surface area contributed by atoms with Gasteiger partial charge in [0.05, 0.1) is 6.61 Å². The SMILES string of the molecule is CCCCCCCC/C=C\CCCCCCCC(=O)O[C@H](CI)CO[Si](c1ccccc1)(c1ccccc1)C(C)(C)C. The molecular weight excluding hydrogens is 647 g/mol. The number of carbonyl (C=O) groups excluding carboxylic acids is 1. The van der Waals surface area contributed by atoms with Gasteiger partial charge in [-0.05, 0) is 47.5 Å². The summed E-state index contributed by atoms with van der Waals surface area (Å²) in [6, 6.07) is 21.3. The van der Waals surface area contributed by atoms with E-state index in [1.165, 1.54) is 81.0 Å². The van der Waals surface area contributed by atoms with Crippen LogP contribution in [0.4, 0.5) is 0 Å². The highest BCUT2D eigenvalue weighted by Gasteiger charge is 2.50. The lowest BCUT2D eigenvalue weighted by Crippen LogP contribution is -2.67. The fourth-order valence-corrected chi connectivity index (χ4v) is 10.7. The predicted octanol–water partition coefficient (Wildman–Crippen LogP) is 9.95. The molecule has 1 atom stereocenters. The van der Waals surface area contributed by atoms with E-state index in [1.54, 1.807) is 0 Å². The van der Waals surface area contributed by atoms with Crippen LogP contribution in [-0.2, 0) is 14.0 Å². The van der Waals surface area contributed by atoms with Crippen LogP contribution in [-0.4, -0.2) is 31.4 Å². The van der Waals surface area contributed by atoms with E-state index in [0.717, 1.165) is 12.8 Å². The molecule has 0 bridgehead atoms. The fraction of sp³-hybridized carbons (Fsp3) is 0.595. The maximum Gasteiger partial charge on any atom is 0.306 e. The number of hydrogen-bond acceptors (Lipinski definition) is 3. The molecule has 42 heavy (non-hydrogen) atoms. The summed E-state index contributed by atoms with van der Waals surface area (Å²) in [6.45, 7) is 9.51. The van der Waals surface area contributed by atoms with Crippen LogP contribution in [0.2, 0.25) is 5.04 Å². The summed E-state index contributed by atoms with van der Waals surface area (Å²) in [5.41, 5.74) is 0. The normalized spacial score (nSPS) is 13.0. The van der Waals surface area contributed by atoms with E-state index in [0.29, 0.717) is 17.5 Å². The first-order chi connectivity index (χ1) is 20.3. The van der Waals surface area contributed by atoms with Gasteiger partial charge in [0.2, 0.25) is 0 Å². The zero-order valence-electron chi connectivity index (χ0n) is 26.9. The number of carbonyl (C=O) groups is 1. The van der Waals surface area contributed by atoms with Gasteiger partial charge in [0.1, 0.15) is 6.10 Å². The molecule has 0 aliphatic carbocycles. The number of allylic oxidation sites excluding steroid dienone is 2. The molecule has 0 aromatic heterocycles. The highest BCUT2D eigenvalue weighted by Crippen LogP contribution is 2.37. The number of hydrogen-bond donors (Lipinski definition) is 0. The molecule has 0 unspecified atom stereocenters. The molecule has 0 fully saturated rings. The van der Waals surface area contributed by atoms with Crippen molar-refractivity contribution in [1.29, 1.82) is 0 Å². The molecule has 0 saturated carbocycles. The average Bonchev–Trinajstić information content (AvgIpc) is 2.99. The molecule has 0 aliphatic rings. The molecule has 234 valence electrons. The van der Waals surface area contributed by atoms with E-state index in [4.69, 9.17) is 9.16 Å². The maximum absolute atomic E-state index is 12.7. The van der Waals surface area contributed by atoms with Crippen molar-refractivity contribution in [3.63, 3.8) is 0 Å². The minimum Gasteiger partial charge on any atom is -0.459 e. The van der Waals surface area contributed by atoms with Crippen molar-refractivity contribution in [2.24, 2.45) is 0 Å². The van der Waals surface area contributed by atoms with Crippen molar-refractivity contribution in [3.8, 4) is 0 Å². The number of esters is 1. The standard InChI is InChI=1S/C37H57IO3Si/c1-5-6-7-8-9-10-11-12-13-14-15-16-17-18-25-30-36(39)41-33(31-38)32-40-42(37(2,3)4,34-26-21-19-22-27-34)35-28-23-20-24-29-35/h12-13,19-24,26-29,33H,5-11,14-18,25,30-32H2,1-4H3/b13-12-/t33-/m1/s1. The zero-order valence-corrected chi connectivity index (χ0v) is 30.1. The second-order valence-corrected chi connectivity index (χ2v) is 17.8. The second kappa shape index (κ2) is 21.3. The van der Waals surface area contributed by atoms with Crippen molar-refractivity contribution in [2.45, 2.75) is 129 Å². The third-order valence-electron chi connectivity index (χ3n) is 8.02. The van der Waals surface area contributed by atoms with E-state index < -0.39 is 8.32 Å². The number of unbranched alkanes of at least 4 members (excludes halogenated alkanes) is 11. The van der Waals surface area contributed by atoms with Crippen LogP contribution < -0.4 is 10.4 Å². The topological polar surface area (TPSA) is 35.5 Å². The largest absolute Gasteiger partial charge is 0.459 e. The Labute approximate surface area is 272 Å². The van der Waals surface area contributed by atoms with E-state index in [9.17, 15) is 4.79 Å². The third kappa shape index (κ3) is 13.0. The summed E-state index contributed by atoms with van der Waals surface area (Å²) in [4.78, 5) is 12.7. The molecule has 0 spiro atoms. The quantitative estimate of drug-likeness (QED) is 0.0306. The van der Waals surface area contributed by atoms with E-state index in [1.807, 2.05) is 0 Å². The third-order valence-corrected chi connectivity index (χ3v) is 14.0. The van der Waals surface area contributed by atoms with Crippen LogP contribution >= 0.6 is 22.6 Å². The lowest BCUT2D eigenvalue weighted by atomic mass is 10.1. The number of halogens is 1. The Morgan fingerprint density at radius 2 is 1.24 bits per heavy atom. The minimum atomic E-state index is -2.64. The van der Waals surface area contributed by atoms with E-state index in [-0.39, 0.29) is 17.1 Å². The van der Waals surface area contributed by atoms with Crippen molar-refractivity contribution in [1.82, 2.24) is 0 Å². The summed E-state index contributed by atoms with van der Waals surface area (Å²) in [5.74, 6) is -0.0969. The molecule has 0 heterocycles. The molecule has 0 N–H and O–H groups in total. The van der Waals surface area contributed by atoms with Crippen molar-refractivity contribution in [3.05, 3.63) is 72.8 Å². The Balaban J connectivity index is 1.74. The van der Waals surface area contributed by atoms with Crippen LogP contribution in [0, 0.1) is 0 Å². The highest BCUT2D eigenvalue weighted by atomic mass is 127. The van der Waals surface area contributed by atoms with Gasteiger partial charge in [-0.2, -0.15) is 0 Å². The lowest BCUT2D eigenvalue weighted by Gasteiger charge is -2.43. The molecule has 0 saturated heterocycles. The van der Waals surface area contributed by atoms with Gasteiger partial charge in [-0.1, -0.05) is 174 Å². The molecule has 0 aliphatic heterocycles. The zero-order chi connectivity index (χ0) is 30.5. The first-order valence-corrected chi connectivity index (χ1v) is 19.9. The molecule has 0 amide bonds. The van der Waals surface area contributed by atoms with Crippen LogP contribution in [0.25, 0.3) is 0 Å². The van der Waals surface area contributed by atoms with Gasteiger partial charge in [-0.25, -0.2) is 0 Å². The number of rotatable bonds is 22. The van der Waals surface area contributed by atoms with Crippen LogP contribution in [0.1, 0.15) is 118 Å². The van der Waals surface area contributed by atoms with Gasteiger partial charge in [0.25, 0.3) is 8.32 Å². The fourth-order valence-electron chi connectivity index (χ4n) is 5.67. The Morgan fingerprint density at radius 1 is 0.762 bits per heavy atom. The maximum atomic E-state index is 12.7. The van der Waals surface area contributed by atoms with Gasteiger partial charge in [-0.15, -0.1) is 0 Å². The highest BCUT2D eigenvalue weighted by molar-refractivity contribution is 14.1. The first kappa shape index (κ1) is 36.7. The van der Waals surface area contributed by atoms with Gasteiger partial charge < -0.3 is 9.16 Å². The Morgan fingerprint density at radius 3 is 1.71 bits per heavy atom. The van der Waals surface area contributed by atoms with Crippen LogP contribution in [0.3, 0.4) is 0 Å². The van der Waals surface area contributed by atoms with Crippen molar-refractivity contribution < 1.29 is 14.0 Å². The van der Waals surface area contributed by atoms with E-state index in [2.05, 4.69) is 123 Å². The second-order valence-electron chi connectivity index (χ2n) is 12.6. The van der Waals surface area contributed by atoms with Crippen LogP contribution in [0.5, 0.6) is 0 Å². The number of benzene rings is 2. The summed E-state index contributed by atoms with van der Waals surface area (Å²) in [6.07, 6.45) is 21.2. The average molecular weight is 705 g/mol. The molecule has 3 nitrogen and oxygen atoms in total. The Bertz CT molecular complexity index is 948. The Hall–Kier alpha value is -1.44. The summed E-state index contributed by atoms with van der Waals surface area (Å²) in [7, 11) is -2.64. The monoisotopic (exact) mass is 704 g/mol. The molecular formula is C37H57IO3Si. The molecule has 5 heteroatoms. The van der Waals surface area contributed by atoms with Gasteiger partial charge in [-0.3, -0.25) is 4.79 Å². The Kier molecular flexibility index (Phi) is 18.6. The molecule has 2 rings (SSSR count). The summed E-state index contributed by atoms with van der Waals surface area (Å²) < 4.78 is 13.7. The smallest absolute Gasteiger partial charge is 0.306 e. The van der Waals surface area contributed by atoms with Crippen LogP contribution in [0.15, 0.2) is 72.8 Å². The van der Waals surface area contributed by atoms with Crippen molar-refractivity contribution in [2.75, 3.05) is 11.0 Å². The number of alkyl halides is 1. The molecule has 0 radical (unpaired) electrons. The van der Waals surface area contributed by atoms with Crippen molar-refractivity contribution >= 4 is 47.3 Å². The lowest BCUT2D eigenvalue weighted by molar-refractivity contribution is -0.149. The van der Waals surface area contributed by atoms with Gasteiger partial charge in [0, 0.05) is 10.8 Å². The minimum absolute atomic E-state index is 0.0969. The number of ether oxygens (including phenoxy) is 1. The summed E-state index contributed by atoms with van der Waals surface area (Å²) >= 11 is 2.32. The molecule has 2 aromatic rings. The predicted molar refractivity (Wildman–Crippen MR) is 192 cm³/mol. The van der Waals surface area contributed by atoms with Gasteiger partial charge in [0.15, 0.2) is 0 Å². The molecule has 2 aromatic carbocycles. The first-order valence-electron chi connectivity index (χ1n) is 16.5. The van der Waals surface area contributed by atoms with E-state index >= 15 is 0 Å². The van der Waals surface area contributed by atoms with Gasteiger partial charge >= 0.3 is 5.97 Å². The summed E-state index contributed by atoms with van der Waals surface area (Å²) in [5, 5.41) is 2.39.